The van der Waals surface area contributed by atoms with E-state index < -0.39 is 40.2 Å². The molecule has 2 rings (SSSR count). The van der Waals surface area contributed by atoms with E-state index in [1.54, 1.807) is 25.1 Å². The Labute approximate surface area is 189 Å². The van der Waals surface area contributed by atoms with Crippen molar-refractivity contribution in [3.05, 3.63) is 65.0 Å². The van der Waals surface area contributed by atoms with E-state index in [9.17, 15) is 22.4 Å². The highest BCUT2D eigenvalue weighted by Crippen LogP contribution is 2.22. The van der Waals surface area contributed by atoms with Gasteiger partial charge in [-0.25, -0.2) is 12.8 Å². The molecule has 32 heavy (non-hydrogen) atoms. The van der Waals surface area contributed by atoms with E-state index in [1.807, 2.05) is 19.9 Å². The first-order valence-corrected chi connectivity index (χ1v) is 12.2. The molecule has 0 saturated heterocycles. The van der Waals surface area contributed by atoms with Crippen LogP contribution in [0.4, 0.5) is 10.1 Å². The van der Waals surface area contributed by atoms with Crippen molar-refractivity contribution in [2.45, 2.75) is 40.3 Å². The fourth-order valence-corrected chi connectivity index (χ4v) is 4.26. The van der Waals surface area contributed by atoms with Gasteiger partial charge in [0.05, 0.1) is 11.9 Å². The van der Waals surface area contributed by atoms with E-state index in [-0.39, 0.29) is 12.1 Å². The van der Waals surface area contributed by atoms with Crippen molar-refractivity contribution in [3.8, 4) is 0 Å². The average Bonchev–Trinajstić information content (AvgIpc) is 2.69. The lowest BCUT2D eigenvalue weighted by molar-refractivity contribution is -0.139. The van der Waals surface area contributed by atoms with Crippen molar-refractivity contribution in [3.63, 3.8) is 0 Å². The van der Waals surface area contributed by atoms with Crippen LogP contribution in [0.2, 0.25) is 0 Å². The summed E-state index contributed by atoms with van der Waals surface area (Å²) in [4.78, 5) is 27.0. The van der Waals surface area contributed by atoms with Crippen molar-refractivity contribution in [1.29, 1.82) is 0 Å². The predicted molar refractivity (Wildman–Crippen MR) is 123 cm³/mol. The van der Waals surface area contributed by atoms with E-state index in [1.165, 1.54) is 30.0 Å². The summed E-state index contributed by atoms with van der Waals surface area (Å²) in [5.74, 6) is -1.53. The number of likely N-dealkylation sites (N-methyl/N-ethyl adjacent to an activating group) is 1. The SMILES string of the molecule is CCNC(=O)[C@H](C)N(Cc1ccccc1F)C(=O)CN(c1cc(C)cc(C)c1)S(C)(=O)=O. The number of nitrogens with zero attached hydrogens (tertiary/aromatic N) is 2. The molecule has 0 aliphatic rings. The van der Waals surface area contributed by atoms with Crippen LogP contribution in [0.3, 0.4) is 0 Å². The van der Waals surface area contributed by atoms with Crippen LogP contribution in [-0.4, -0.2) is 50.5 Å². The molecule has 174 valence electrons. The van der Waals surface area contributed by atoms with Crippen LogP contribution >= 0.6 is 0 Å². The number of sulfonamides is 1. The van der Waals surface area contributed by atoms with Crippen LogP contribution in [0.1, 0.15) is 30.5 Å². The van der Waals surface area contributed by atoms with Gasteiger partial charge in [0.1, 0.15) is 18.4 Å². The Morgan fingerprint density at radius 1 is 1.09 bits per heavy atom. The van der Waals surface area contributed by atoms with Gasteiger partial charge in [-0.15, -0.1) is 0 Å². The standard InChI is InChI=1S/C23H30FN3O4S/c1-6-25-23(29)18(4)26(14-19-9-7-8-10-21(19)24)22(28)15-27(32(5,30)31)20-12-16(2)11-17(3)13-20/h7-13,18H,6,14-15H2,1-5H3,(H,25,29)/t18-/m0/s1. The second-order valence-corrected chi connectivity index (χ2v) is 9.71. The van der Waals surface area contributed by atoms with Gasteiger partial charge in [0.15, 0.2) is 0 Å². The van der Waals surface area contributed by atoms with E-state index >= 15 is 0 Å². The Kier molecular flexibility index (Phi) is 8.38. The predicted octanol–water partition coefficient (Wildman–Crippen LogP) is 2.76. The van der Waals surface area contributed by atoms with E-state index in [0.29, 0.717) is 12.2 Å². The minimum absolute atomic E-state index is 0.172. The minimum atomic E-state index is -3.81. The highest BCUT2D eigenvalue weighted by molar-refractivity contribution is 7.92. The van der Waals surface area contributed by atoms with Crippen LogP contribution in [0, 0.1) is 19.7 Å². The second-order valence-electron chi connectivity index (χ2n) is 7.80. The molecular weight excluding hydrogens is 433 g/mol. The molecule has 2 aromatic rings. The summed E-state index contributed by atoms with van der Waals surface area (Å²) >= 11 is 0. The molecule has 0 unspecified atom stereocenters. The first kappa shape index (κ1) is 25.3. The van der Waals surface area contributed by atoms with Gasteiger partial charge < -0.3 is 10.2 Å². The van der Waals surface area contributed by atoms with Gasteiger partial charge in [-0.2, -0.15) is 0 Å². The monoisotopic (exact) mass is 463 g/mol. The zero-order valence-corrected chi connectivity index (χ0v) is 19.9. The molecule has 2 amide bonds. The van der Waals surface area contributed by atoms with Crippen molar-refractivity contribution >= 4 is 27.5 Å². The Morgan fingerprint density at radius 3 is 2.22 bits per heavy atom. The Balaban J connectivity index is 2.43. The summed E-state index contributed by atoms with van der Waals surface area (Å²) < 4.78 is 40.4. The van der Waals surface area contributed by atoms with Crippen molar-refractivity contribution in [2.24, 2.45) is 0 Å². The molecule has 0 heterocycles. The Morgan fingerprint density at radius 2 is 1.69 bits per heavy atom. The number of amides is 2. The van der Waals surface area contributed by atoms with Gasteiger partial charge in [-0.3, -0.25) is 13.9 Å². The lowest BCUT2D eigenvalue weighted by atomic mass is 10.1. The van der Waals surface area contributed by atoms with E-state index in [2.05, 4.69) is 5.32 Å². The number of nitrogens with one attached hydrogen (secondary N) is 1. The van der Waals surface area contributed by atoms with Gasteiger partial charge in [-0.05, 0) is 57.0 Å². The lowest BCUT2D eigenvalue weighted by Crippen LogP contribution is -2.51. The highest BCUT2D eigenvalue weighted by atomic mass is 32.2. The number of benzene rings is 2. The first-order chi connectivity index (χ1) is 14.9. The second kappa shape index (κ2) is 10.6. The molecule has 0 aliphatic carbocycles. The smallest absolute Gasteiger partial charge is 0.244 e. The molecule has 0 saturated carbocycles. The number of aryl methyl sites for hydroxylation is 2. The zero-order chi connectivity index (χ0) is 24.1. The highest BCUT2D eigenvalue weighted by Gasteiger charge is 2.30. The molecule has 1 N–H and O–H groups in total. The molecule has 0 spiro atoms. The summed E-state index contributed by atoms with van der Waals surface area (Å²) in [6.45, 7) is 6.63. The number of rotatable bonds is 9. The molecule has 0 bridgehead atoms. The molecule has 9 heteroatoms. The van der Waals surface area contributed by atoms with Gasteiger partial charge in [0.25, 0.3) is 0 Å². The van der Waals surface area contributed by atoms with Crippen LogP contribution in [0.15, 0.2) is 42.5 Å². The molecule has 1 atom stereocenters. The zero-order valence-electron chi connectivity index (χ0n) is 19.1. The van der Waals surface area contributed by atoms with Crippen molar-refractivity contribution < 1.29 is 22.4 Å². The summed E-state index contributed by atoms with van der Waals surface area (Å²) in [5, 5.41) is 2.65. The first-order valence-electron chi connectivity index (χ1n) is 10.3. The average molecular weight is 464 g/mol. The molecular formula is C23H30FN3O4S. The number of hydrogen-bond donors (Lipinski definition) is 1. The summed E-state index contributed by atoms with van der Waals surface area (Å²) in [7, 11) is -3.81. The fourth-order valence-electron chi connectivity index (χ4n) is 3.42. The Hall–Kier alpha value is -2.94. The van der Waals surface area contributed by atoms with Gasteiger partial charge in [0, 0.05) is 18.7 Å². The number of anilines is 1. The van der Waals surface area contributed by atoms with Crippen LogP contribution in [-0.2, 0) is 26.2 Å². The summed E-state index contributed by atoms with van der Waals surface area (Å²) in [6.07, 6.45) is 1.02. The molecule has 0 aliphatic heterocycles. The lowest BCUT2D eigenvalue weighted by Gasteiger charge is -2.31. The van der Waals surface area contributed by atoms with Crippen LogP contribution in [0.25, 0.3) is 0 Å². The topological polar surface area (TPSA) is 86.8 Å². The summed E-state index contributed by atoms with van der Waals surface area (Å²) in [5.41, 5.74) is 2.28. The molecule has 2 aromatic carbocycles. The third-order valence-electron chi connectivity index (χ3n) is 4.99. The molecule has 0 fully saturated rings. The third-order valence-corrected chi connectivity index (χ3v) is 6.13. The van der Waals surface area contributed by atoms with Gasteiger partial charge in [-0.1, -0.05) is 24.3 Å². The maximum Gasteiger partial charge on any atom is 0.244 e. The normalized spacial score (nSPS) is 12.2. The number of carbonyl (C=O) groups is 2. The minimum Gasteiger partial charge on any atom is -0.355 e. The number of halogens is 1. The van der Waals surface area contributed by atoms with Gasteiger partial charge >= 0.3 is 0 Å². The number of hydrogen-bond acceptors (Lipinski definition) is 4. The number of carbonyl (C=O) groups excluding carboxylic acids is 2. The van der Waals surface area contributed by atoms with Crippen molar-refractivity contribution in [2.75, 3.05) is 23.7 Å². The van der Waals surface area contributed by atoms with E-state index in [4.69, 9.17) is 0 Å². The Bertz CT molecular complexity index is 1070. The fraction of sp³-hybridized carbons (Fsp3) is 0.391. The van der Waals surface area contributed by atoms with Crippen molar-refractivity contribution in [1.82, 2.24) is 10.2 Å². The van der Waals surface area contributed by atoms with Crippen LogP contribution < -0.4 is 9.62 Å². The molecule has 0 radical (unpaired) electrons. The van der Waals surface area contributed by atoms with Gasteiger partial charge in [0.2, 0.25) is 21.8 Å². The summed E-state index contributed by atoms with van der Waals surface area (Å²) in [6, 6.07) is 10.3. The quantitative estimate of drug-likeness (QED) is 0.620. The van der Waals surface area contributed by atoms with Crippen LogP contribution in [0.5, 0.6) is 0 Å². The molecule has 7 nitrogen and oxygen atoms in total. The third kappa shape index (κ3) is 6.53. The molecule has 0 aromatic heterocycles. The maximum atomic E-state index is 14.3. The maximum absolute atomic E-state index is 14.3. The largest absolute Gasteiger partial charge is 0.355 e. The van der Waals surface area contributed by atoms with E-state index in [0.717, 1.165) is 21.7 Å².